The average molecular weight is 583 g/mol. The van der Waals surface area contributed by atoms with Crippen LogP contribution in [-0.4, -0.2) is 30.4 Å². The summed E-state index contributed by atoms with van der Waals surface area (Å²) in [5, 5.41) is 5.16. The third-order valence-corrected chi connectivity index (χ3v) is 6.30. The third kappa shape index (κ3) is 6.07. The van der Waals surface area contributed by atoms with Crippen molar-refractivity contribution in [1.82, 2.24) is 5.32 Å². The summed E-state index contributed by atoms with van der Waals surface area (Å²) in [7, 11) is 0. The van der Waals surface area contributed by atoms with Crippen LogP contribution < -0.4 is 20.3 Å². The SMILES string of the molecule is Cc1ccc(C)c(NC(=O)COc2ccc(/C=C3\C(=O)NC(=O)N(c4ccc(Br)cc4)C3=O)cc2Cl)c1. The van der Waals surface area contributed by atoms with Crippen molar-refractivity contribution < 1.29 is 23.9 Å². The zero-order valence-corrected chi connectivity index (χ0v) is 22.1. The minimum atomic E-state index is -0.838. The van der Waals surface area contributed by atoms with Gasteiger partial charge in [0.15, 0.2) is 6.61 Å². The molecule has 0 aliphatic carbocycles. The van der Waals surface area contributed by atoms with Gasteiger partial charge in [0.25, 0.3) is 17.7 Å². The van der Waals surface area contributed by atoms with E-state index in [0.717, 1.165) is 20.5 Å². The molecule has 1 fully saturated rings. The molecule has 0 unspecified atom stereocenters. The summed E-state index contributed by atoms with van der Waals surface area (Å²) < 4.78 is 6.33. The van der Waals surface area contributed by atoms with Crippen LogP contribution in [-0.2, 0) is 14.4 Å². The Morgan fingerprint density at radius 2 is 1.78 bits per heavy atom. The van der Waals surface area contributed by atoms with Gasteiger partial charge in [-0.15, -0.1) is 0 Å². The molecule has 0 bridgehead atoms. The molecule has 0 saturated carbocycles. The Hall–Kier alpha value is -3.95. The van der Waals surface area contributed by atoms with E-state index in [1.807, 2.05) is 32.0 Å². The molecular weight excluding hydrogens is 562 g/mol. The lowest BCUT2D eigenvalue weighted by Gasteiger charge is -2.26. The minimum absolute atomic E-state index is 0.179. The fourth-order valence-electron chi connectivity index (χ4n) is 3.57. The summed E-state index contributed by atoms with van der Waals surface area (Å²) in [5.74, 6) is -1.68. The molecule has 1 saturated heterocycles. The number of hydrogen-bond acceptors (Lipinski definition) is 5. The van der Waals surface area contributed by atoms with Crippen molar-refractivity contribution >= 4 is 68.7 Å². The Balaban J connectivity index is 1.47. The van der Waals surface area contributed by atoms with E-state index in [1.165, 1.54) is 18.2 Å². The molecule has 4 rings (SSSR count). The number of nitrogens with one attached hydrogen (secondary N) is 2. The van der Waals surface area contributed by atoms with Crippen LogP contribution in [0.4, 0.5) is 16.2 Å². The largest absolute Gasteiger partial charge is 0.482 e. The Morgan fingerprint density at radius 3 is 2.49 bits per heavy atom. The predicted octanol–water partition coefficient (Wildman–Crippen LogP) is 5.40. The van der Waals surface area contributed by atoms with Gasteiger partial charge in [0.2, 0.25) is 0 Å². The predicted molar refractivity (Wildman–Crippen MR) is 145 cm³/mol. The third-order valence-electron chi connectivity index (χ3n) is 5.48. The molecule has 8 nitrogen and oxygen atoms in total. The smallest absolute Gasteiger partial charge is 0.335 e. The van der Waals surface area contributed by atoms with Crippen molar-refractivity contribution in [2.45, 2.75) is 13.8 Å². The van der Waals surface area contributed by atoms with Gasteiger partial charge in [0.05, 0.1) is 10.7 Å². The molecular formula is C27H21BrClN3O5. The number of halogens is 2. The average Bonchev–Trinajstić information content (AvgIpc) is 2.84. The fourth-order valence-corrected chi connectivity index (χ4v) is 4.08. The number of anilines is 2. The second kappa shape index (κ2) is 11.0. The standard InChI is InChI=1S/C27H21BrClN3O5/c1-15-3-4-16(2)22(11-15)30-24(33)14-37-23-10-5-17(13-21(23)29)12-20-25(34)31-27(36)32(26(20)35)19-8-6-18(28)7-9-19/h3-13H,14H2,1-2H3,(H,30,33)(H,31,34,36)/b20-12+. The Morgan fingerprint density at radius 1 is 1.05 bits per heavy atom. The maximum atomic E-state index is 13.0. The molecule has 3 aromatic carbocycles. The summed E-state index contributed by atoms with van der Waals surface area (Å²) in [5.41, 5.74) is 3.15. The van der Waals surface area contributed by atoms with Crippen LogP contribution in [0.15, 0.2) is 70.7 Å². The second-order valence-electron chi connectivity index (χ2n) is 8.28. The molecule has 0 radical (unpaired) electrons. The van der Waals surface area contributed by atoms with Crippen molar-refractivity contribution in [3.63, 3.8) is 0 Å². The van der Waals surface area contributed by atoms with E-state index in [1.54, 1.807) is 30.3 Å². The summed E-state index contributed by atoms with van der Waals surface area (Å²) in [6.45, 7) is 3.56. The minimum Gasteiger partial charge on any atom is -0.482 e. The van der Waals surface area contributed by atoms with Crippen LogP contribution in [0.3, 0.4) is 0 Å². The number of aryl methyl sites for hydroxylation is 2. The molecule has 1 heterocycles. The molecule has 5 amide bonds. The number of ether oxygens (including phenoxy) is 1. The number of carbonyl (C=O) groups is 4. The van der Waals surface area contributed by atoms with Crippen LogP contribution in [0.1, 0.15) is 16.7 Å². The highest BCUT2D eigenvalue weighted by Crippen LogP contribution is 2.28. The van der Waals surface area contributed by atoms with E-state index in [4.69, 9.17) is 16.3 Å². The summed E-state index contributed by atoms with van der Waals surface area (Å²) in [6.07, 6.45) is 1.33. The van der Waals surface area contributed by atoms with E-state index in [0.29, 0.717) is 16.9 Å². The molecule has 0 spiro atoms. The first-order valence-corrected chi connectivity index (χ1v) is 12.3. The first kappa shape index (κ1) is 26.1. The second-order valence-corrected chi connectivity index (χ2v) is 9.60. The quantitative estimate of drug-likeness (QED) is 0.299. The van der Waals surface area contributed by atoms with Crippen LogP contribution in [0.5, 0.6) is 5.75 Å². The van der Waals surface area contributed by atoms with Gasteiger partial charge in [-0.05, 0) is 79.1 Å². The summed E-state index contributed by atoms with van der Waals surface area (Å²) >= 11 is 9.63. The zero-order chi connectivity index (χ0) is 26.7. The van der Waals surface area contributed by atoms with Crippen LogP contribution in [0.25, 0.3) is 6.08 Å². The maximum Gasteiger partial charge on any atom is 0.335 e. The van der Waals surface area contributed by atoms with Gasteiger partial charge in [0, 0.05) is 10.2 Å². The van der Waals surface area contributed by atoms with Crippen molar-refractivity contribution in [3.8, 4) is 5.75 Å². The Labute approximate surface area is 226 Å². The number of carbonyl (C=O) groups excluding carboxylic acids is 4. The Bertz CT molecular complexity index is 1450. The zero-order valence-electron chi connectivity index (χ0n) is 19.8. The van der Waals surface area contributed by atoms with Crippen LogP contribution in [0.2, 0.25) is 5.02 Å². The molecule has 0 aromatic heterocycles. The number of benzene rings is 3. The van der Waals surface area contributed by atoms with E-state index in [9.17, 15) is 19.2 Å². The highest BCUT2D eigenvalue weighted by atomic mass is 79.9. The van der Waals surface area contributed by atoms with Gasteiger partial charge in [0.1, 0.15) is 11.3 Å². The number of barbiturate groups is 1. The van der Waals surface area contributed by atoms with Crippen molar-refractivity contribution in [2.24, 2.45) is 0 Å². The molecule has 0 atom stereocenters. The molecule has 1 aliphatic heterocycles. The highest BCUT2D eigenvalue weighted by Gasteiger charge is 2.36. The molecule has 37 heavy (non-hydrogen) atoms. The van der Waals surface area contributed by atoms with E-state index in [2.05, 4.69) is 26.6 Å². The summed E-state index contributed by atoms with van der Waals surface area (Å²) in [4.78, 5) is 51.0. The van der Waals surface area contributed by atoms with Gasteiger partial charge >= 0.3 is 6.03 Å². The molecule has 1 aliphatic rings. The van der Waals surface area contributed by atoms with Gasteiger partial charge in [-0.1, -0.05) is 45.7 Å². The van der Waals surface area contributed by atoms with Gasteiger partial charge < -0.3 is 10.1 Å². The fraction of sp³-hybridized carbons (Fsp3) is 0.111. The molecule has 188 valence electrons. The van der Waals surface area contributed by atoms with Crippen molar-refractivity contribution in [1.29, 1.82) is 0 Å². The number of amides is 5. The molecule has 3 aromatic rings. The first-order chi connectivity index (χ1) is 17.6. The van der Waals surface area contributed by atoms with Crippen molar-refractivity contribution in [3.05, 3.63) is 92.4 Å². The number of imide groups is 2. The van der Waals surface area contributed by atoms with Crippen LogP contribution in [0, 0.1) is 13.8 Å². The van der Waals surface area contributed by atoms with Crippen LogP contribution >= 0.6 is 27.5 Å². The maximum absolute atomic E-state index is 13.0. The van der Waals surface area contributed by atoms with E-state index in [-0.39, 0.29) is 28.9 Å². The highest BCUT2D eigenvalue weighted by molar-refractivity contribution is 9.10. The topological polar surface area (TPSA) is 105 Å². The number of hydrogen-bond donors (Lipinski definition) is 2. The van der Waals surface area contributed by atoms with Crippen molar-refractivity contribution in [2.75, 3.05) is 16.8 Å². The summed E-state index contributed by atoms with van der Waals surface area (Å²) in [6, 6.07) is 16.0. The number of nitrogens with zero attached hydrogens (tertiary/aromatic N) is 1. The molecule has 2 N–H and O–H groups in total. The van der Waals surface area contributed by atoms with Gasteiger partial charge in [-0.25, -0.2) is 9.69 Å². The normalized spacial score (nSPS) is 14.5. The lowest BCUT2D eigenvalue weighted by molar-refractivity contribution is -0.122. The Kier molecular flexibility index (Phi) is 7.75. The van der Waals surface area contributed by atoms with E-state index < -0.39 is 17.8 Å². The number of urea groups is 1. The lowest BCUT2D eigenvalue weighted by atomic mass is 10.1. The monoisotopic (exact) mass is 581 g/mol. The van der Waals surface area contributed by atoms with E-state index >= 15 is 0 Å². The lowest BCUT2D eigenvalue weighted by Crippen LogP contribution is -2.54. The first-order valence-electron chi connectivity index (χ1n) is 11.1. The van der Waals surface area contributed by atoms with Gasteiger partial charge in [-0.2, -0.15) is 0 Å². The van der Waals surface area contributed by atoms with Gasteiger partial charge in [-0.3, -0.25) is 19.7 Å². The molecule has 10 heteroatoms. The number of rotatable bonds is 6.